The molecule has 0 saturated heterocycles. The summed E-state index contributed by atoms with van der Waals surface area (Å²) in [6.45, 7) is 4.38. The smallest absolute Gasteiger partial charge is 0.138 e. The van der Waals surface area contributed by atoms with Crippen LogP contribution in [0.3, 0.4) is 0 Å². The van der Waals surface area contributed by atoms with E-state index in [9.17, 15) is 0 Å². The zero-order chi connectivity index (χ0) is 11.1. The molecule has 0 fully saturated rings. The maximum atomic E-state index is 4.40. The number of nitrogens with zero attached hydrogens (tertiary/aromatic N) is 2. The van der Waals surface area contributed by atoms with Gasteiger partial charge >= 0.3 is 0 Å². The van der Waals surface area contributed by atoms with Gasteiger partial charge in [0.2, 0.25) is 0 Å². The molecular formula is C13H15N3. The summed E-state index contributed by atoms with van der Waals surface area (Å²) in [4.78, 5) is 4.40. The van der Waals surface area contributed by atoms with E-state index >= 15 is 0 Å². The van der Waals surface area contributed by atoms with E-state index in [4.69, 9.17) is 0 Å². The molecule has 3 nitrogen and oxygen atoms in total. The Morgan fingerprint density at radius 1 is 1.44 bits per heavy atom. The Bertz CT molecular complexity index is 566. The molecule has 16 heavy (non-hydrogen) atoms. The fourth-order valence-corrected chi connectivity index (χ4v) is 2.32. The van der Waals surface area contributed by atoms with Crippen molar-refractivity contribution in [2.45, 2.75) is 26.3 Å². The highest BCUT2D eigenvalue weighted by Gasteiger charge is 2.16. The molecule has 0 radical (unpaired) electrons. The molecule has 3 heteroatoms. The van der Waals surface area contributed by atoms with Crippen molar-refractivity contribution in [3.05, 3.63) is 35.7 Å². The van der Waals surface area contributed by atoms with Gasteiger partial charge in [-0.05, 0) is 37.1 Å². The van der Waals surface area contributed by atoms with Gasteiger partial charge in [0.15, 0.2) is 0 Å². The Morgan fingerprint density at radius 3 is 3.12 bits per heavy atom. The van der Waals surface area contributed by atoms with Gasteiger partial charge in [0.1, 0.15) is 11.5 Å². The van der Waals surface area contributed by atoms with E-state index in [-0.39, 0.29) is 0 Å². The molecule has 2 aromatic rings. The number of nitrogens with one attached hydrogen (secondary N) is 1. The maximum absolute atomic E-state index is 4.40. The van der Waals surface area contributed by atoms with Crippen LogP contribution in [0.2, 0.25) is 0 Å². The molecule has 0 saturated carbocycles. The lowest BCUT2D eigenvalue weighted by molar-refractivity contribution is 0.790. The molecule has 82 valence electrons. The van der Waals surface area contributed by atoms with Gasteiger partial charge in [0.05, 0.1) is 11.9 Å². The first-order valence-corrected chi connectivity index (χ1v) is 5.71. The van der Waals surface area contributed by atoms with Crippen molar-refractivity contribution in [2.75, 3.05) is 5.32 Å². The van der Waals surface area contributed by atoms with E-state index in [2.05, 4.69) is 40.7 Å². The number of hydrogen-bond acceptors (Lipinski definition) is 2. The van der Waals surface area contributed by atoms with Gasteiger partial charge in [-0.1, -0.05) is 13.0 Å². The minimum Gasteiger partial charge on any atom is -0.365 e. The molecule has 0 amide bonds. The lowest BCUT2D eigenvalue weighted by Crippen LogP contribution is -2.19. The van der Waals surface area contributed by atoms with Crippen molar-refractivity contribution in [1.29, 1.82) is 0 Å². The zero-order valence-electron chi connectivity index (χ0n) is 9.57. The van der Waals surface area contributed by atoms with Gasteiger partial charge in [-0.25, -0.2) is 4.98 Å². The topological polar surface area (TPSA) is 29.3 Å². The van der Waals surface area contributed by atoms with Crippen molar-refractivity contribution in [3.63, 3.8) is 0 Å². The molecule has 1 atom stereocenters. The van der Waals surface area contributed by atoms with Crippen LogP contribution in [-0.4, -0.2) is 15.4 Å². The molecule has 3 rings (SSSR count). The fourth-order valence-electron chi connectivity index (χ4n) is 2.32. The van der Waals surface area contributed by atoms with Gasteiger partial charge in [0, 0.05) is 6.04 Å². The lowest BCUT2D eigenvalue weighted by Gasteiger charge is -2.17. The predicted molar refractivity (Wildman–Crippen MR) is 66.5 cm³/mol. The number of rotatable bonds is 1. The Hall–Kier alpha value is -1.77. The van der Waals surface area contributed by atoms with E-state index < -0.39 is 0 Å². The number of hydrogen-bond donors (Lipinski definition) is 1. The van der Waals surface area contributed by atoms with Crippen LogP contribution in [0.15, 0.2) is 30.0 Å². The molecule has 1 aliphatic heterocycles. The van der Waals surface area contributed by atoms with Crippen LogP contribution in [-0.2, 0) is 0 Å². The number of pyridine rings is 1. The van der Waals surface area contributed by atoms with Crippen LogP contribution >= 0.6 is 0 Å². The van der Waals surface area contributed by atoms with Crippen molar-refractivity contribution < 1.29 is 0 Å². The average Bonchev–Trinajstić information content (AvgIpc) is 2.63. The molecule has 3 heterocycles. The minimum atomic E-state index is 0.422. The Balaban J connectivity index is 2.28. The molecule has 0 unspecified atom stereocenters. The summed E-state index contributed by atoms with van der Waals surface area (Å²) in [5.41, 5.74) is 3.52. The van der Waals surface area contributed by atoms with Crippen LogP contribution in [0.1, 0.15) is 26.0 Å². The van der Waals surface area contributed by atoms with E-state index in [1.807, 2.05) is 18.3 Å². The van der Waals surface area contributed by atoms with Gasteiger partial charge in [-0.3, -0.25) is 4.40 Å². The third-order valence-corrected chi connectivity index (χ3v) is 3.21. The second-order valence-corrected chi connectivity index (χ2v) is 4.28. The SMILES string of the molecule is CC[C@H]1Nc2cccc3ncc(n23)C=C1C. The van der Waals surface area contributed by atoms with Gasteiger partial charge in [-0.15, -0.1) is 0 Å². The Kier molecular flexibility index (Phi) is 1.99. The molecule has 0 aliphatic carbocycles. The highest BCUT2D eigenvalue weighted by atomic mass is 15.1. The number of imidazole rings is 1. The molecule has 0 bridgehead atoms. The van der Waals surface area contributed by atoms with Crippen LogP contribution in [0, 0.1) is 0 Å². The first-order valence-electron chi connectivity index (χ1n) is 5.71. The van der Waals surface area contributed by atoms with Crippen LogP contribution in [0.5, 0.6) is 0 Å². The monoisotopic (exact) mass is 213 g/mol. The fraction of sp³-hybridized carbons (Fsp3) is 0.308. The second kappa shape index (κ2) is 3.37. The van der Waals surface area contributed by atoms with Gasteiger partial charge < -0.3 is 5.32 Å². The third-order valence-electron chi connectivity index (χ3n) is 3.21. The Morgan fingerprint density at radius 2 is 2.31 bits per heavy atom. The summed E-state index contributed by atoms with van der Waals surface area (Å²) >= 11 is 0. The lowest BCUT2D eigenvalue weighted by atomic mass is 10.1. The molecule has 1 aliphatic rings. The summed E-state index contributed by atoms with van der Waals surface area (Å²) in [7, 11) is 0. The van der Waals surface area contributed by atoms with Crippen molar-refractivity contribution in [1.82, 2.24) is 9.38 Å². The maximum Gasteiger partial charge on any atom is 0.138 e. The number of anilines is 1. The highest BCUT2D eigenvalue weighted by molar-refractivity contribution is 5.64. The van der Waals surface area contributed by atoms with Crippen LogP contribution < -0.4 is 5.32 Å². The molecule has 2 aromatic heterocycles. The van der Waals surface area contributed by atoms with E-state index in [1.54, 1.807) is 0 Å². The summed E-state index contributed by atoms with van der Waals surface area (Å²) in [6, 6.07) is 6.60. The Labute approximate surface area is 94.8 Å². The predicted octanol–water partition coefficient (Wildman–Crippen LogP) is 2.94. The summed E-state index contributed by atoms with van der Waals surface area (Å²) < 4.78 is 2.17. The zero-order valence-corrected chi connectivity index (χ0v) is 9.57. The summed E-state index contributed by atoms with van der Waals surface area (Å²) in [5, 5.41) is 3.56. The van der Waals surface area contributed by atoms with E-state index in [1.165, 1.54) is 5.57 Å². The molecular weight excluding hydrogens is 198 g/mol. The molecule has 0 spiro atoms. The van der Waals surface area contributed by atoms with Gasteiger partial charge in [0.25, 0.3) is 0 Å². The first kappa shape index (κ1) is 9.46. The van der Waals surface area contributed by atoms with Crippen LogP contribution in [0.4, 0.5) is 5.82 Å². The second-order valence-electron chi connectivity index (χ2n) is 4.28. The van der Waals surface area contributed by atoms with E-state index in [0.29, 0.717) is 6.04 Å². The quantitative estimate of drug-likeness (QED) is 0.789. The summed E-state index contributed by atoms with van der Waals surface area (Å²) in [6.07, 6.45) is 5.25. The highest BCUT2D eigenvalue weighted by Crippen LogP contribution is 2.24. The minimum absolute atomic E-state index is 0.422. The van der Waals surface area contributed by atoms with Crippen molar-refractivity contribution in [3.8, 4) is 0 Å². The summed E-state index contributed by atoms with van der Waals surface area (Å²) in [5.74, 6) is 1.13. The largest absolute Gasteiger partial charge is 0.365 e. The first-order chi connectivity index (χ1) is 7.79. The van der Waals surface area contributed by atoms with E-state index in [0.717, 1.165) is 23.6 Å². The average molecular weight is 213 g/mol. The third kappa shape index (κ3) is 1.24. The molecule has 1 N–H and O–H groups in total. The standard InChI is InChI=1S/C13H15N3/c1-3-11-9(2)7-10-8-14-12-5-4-6-13(15-11)16(10)12/h4-8,11,15H,3H2,1-2H3/t11-/m1/s1. The van der Waals surface area contributed by atoms with Crippen molar-refractivity contribution >= 4 is 17.5 Å². The van der Waals surface area contributed by atoms with Crippen molar-refractivity contribution in [2.24, 2.45) is 0 Å². The number of aromatic nitrogens is 2. The van der Waals surface area contributed by atoms with Crippen LogP contribution in [0.25, 0.3) is 11.7 Å². The normalized spacial score (nSPS) is 19.1. The van der Waals surface area contributed by atoms with Gasteiger partial charge in [-0.2, -0.15) is 0 Å². The molecule has 0 aromatic carbocycles.